The molecule has 10 heteroatoms. The van der Waals surface area contributed by atoms with Gasteiger partial charge in [-0.25, -0.2) is 9.59 Å². The molecule has 2 fully saturated rings. The number of esters is 1. The average molecular weight is 507 g/mol. The predicted octanol–water partition coefficient (Wildman–Crippen LogP) is 4.63. The molecule has 0 saturated carbocycles. The minimum atomic E-state index is -0.808. The molecule has 194 valence electrons. The van der Waals surface area contributed by atoms with E-state index in [1.54, 1.807) is 4.90 Å². The molecule has 2 aromatic carbocycles. The lowest BCUT2D eigenvalue weighted by molar-refractivity contribution is -0.143. The Labute approximate surface area is 213 Å². The van der Waals surface area contributed by atoms with Crippen molar-refractivity contribution in [2.24, 2.45) is 0 Å². The Morgan fingerprint density at radius 3 is 1.78 bits per heavy atom. The first-order chi connectivity index (χ1) is 18.0. The first kappa shape index (κ1) is 24.6. The molecular formula is C27H30N4O6. The van der Waals surface area contributed by atoms with Gasteiger partial charge in [0.2, 0.25) is 0 Å². The van der Waals surface area contributed by atoms with Gasteiger partial charge in [-0.15, -0.1) is 0 Å². The highest BCUT2D eigenvalue weighted by atomic mass is 16.5. The molecule has 10 nitrogen and oxygen atoms in total. The molecule has 6 rings (SSSR count). The lowest BCUT2D eigenvalue weighted by Crippen LogP contribution is -2.45. The van der Waals surface area contributed by atoms with Crippen molar-refractivity contribution >= 4 is 46.2 Å². The van der Waals surface area contributed by atoms with Crippen molar-refractivity contribution in [3.63, 3.8) is 0 Å². The summed E-state index contributed by atoms with van der Waals surface area (Å²) in [7, 11) is 1.42. The fraction of sp³-hybridized carbons (Fsp3) is 0.407. The second kappa shape index (κ2) is 10.9. The number of anilines is 2. The van der Waals surface area contributed by atoms with Crippen LogP contribution in [0.15, 0.2) is 57.4 Å². The Kier molecular flexibility index (Phi) is 7.25. The summed E-state index contributed by atoms with van der Waals surface area (Å²) < 4.78 is 16.2. The monoisotopic (exact) mass is 506 g/mol. The number of methoxy groups -OCH3 is 1. The third-order valence-electron chi connectivity index (χ3n) is 6.82. The molecule has 2 aliphatic rings. The Hall–Kier alpha value is -4.08. The van der Waals surface area contributed by atoms with E-state index in [-0.39, 0.29) is 12.0 Å². The number of carbonyl (C=O) groups is 2. The number of para-hydroxylation sites is 4. The molecule has 0 unspecified atom stereocenters. The minimum absolute atomic E-state index is 0.220. The van der Waals surface area contributed by atoms with Crippen molar-refractivity contribution in [1.29, 1.82) is 0 Å². The van der Waals surface area contributed by atoms with Gasteiger partial charge >= 0.3 is 11.9 Å². The maximum atomic E-state index is 11.8. The van der Waals surface area contributed by atoms with Crippen molar-refractivity contribution in [1.82, 2.24) is 9.97 Å². The fourth-order valence-electron chi connectivity index (χ4n) is 4.92. The van der Waals surface area contributed by atoms with E-state index in [4.69, 9.17) is 13.6 Å². The van der Waals surface area contributed by atoms with Crippen LogP contribution >= 0.6 is 0 Å². The van der Waals surface area contributed by atoms with Gasteiger partial charge in [0.05, 0.1) is 7.11 Å². The molecular weight excluding hydrogens is 476 g/mol. The van der Waals surface area contributed by atoms with E-state index in [1.807, 2.05) is 53.4 Å². The molecule has 0 spiro atoms. The molecule has 2 aromatic heterocycles. The standard InChI is InChI=1S/C14H16N2O3.C13H14N2O3/c1-18-13(17)11-7-4-5-9-16(11)14-15-10-6-2-3-8-12(10)19-14;16-12(17)10-6-3-4-8-15(10)13-14-9-5-1-2-7-11(9)18-13/h2-3,6,8,11H,4-5,7,9H2,1H3;1-2,5,7,10H,3-4,6,8H2,(H,16,17)/t11-;10-/m00/s1. The average Bonchev–Trinajstić information content (AvgIpc) is 3.57. The van der Waals surface area contributed by atoms with E-state index in [2.05, 4.69) is 9.97 Å². The Balaban J connectivity index is 0.000000152. The Bertz CT molecular complexity index is 1320. The number of hydrogen-bond acceptors (Lipinski definition) is 9. The molecule has 0 bridgehead atoms. The summed E-state index contributed by atoms with van der Waals surface area (Å²) in [6, 6.07) is 15.2. The summed E-state index contributed by atoms with van der Waals surface area (Å²) in [5, 5.41) is 9.23. The van der Waals surface area contributed by atoms with E-state index < -0.39 is 12.0 Å². The number of carboxylic acid groups (broad SMARTS) is 1. The molecule has 4 heterocycles. The zero-order valence-electron chi connectivity index (χ0n) is 20.7. The minimum Gasteiger partial charge on any atom is -0.480 e. The van der Waals surface area contributed by atoms with Gasteiger partial charge < -0.3 is 28.5 Å². The van der Waals surface area contributed by atoms with Crippen LogP contribution < -0.4 is 9.80 Å². The van der Waals surface area contributed by atoms with Gasteiger partial charge in [-0.2, -0.15) is 9.97 Å². The third-order valence-corrected chi connectivity index (χ3v) is 6.82. The van der Waals surface area contributed by atoms with E-state index in [0.717, 1.165) is 55.3 Å². The van der Waals surface area contributed by atoms with Crippen LogP contribution in [0.25, 0.3) is 22.2 Å². The summed E-state index contributed by atoms with van der Waals surface area (Å²) in [5.74, 6) is -1.03. The van der Waals surface area contributed by atoms with E-state index in [0.29, 0.717) is 30.6 Å². The highest BCUT2D eigenvalue weighted by molar-refractivity contribution is 5.81. The number of nitrogens with zero attached hydrogens (tertiary/aromatic N) is 4. The van der Waals surface area contributed by atoms with E-state index in [1.165, 1.54) is 7.11 Å². The van der Waals surface area contributed by atoms with Crippen LogP contribution in [0.3, 0.4) is 0 Å². The van der Waals surface area contributed by atoms with Gasteiger partial charge in [0, 0.05) is 13.1 Å². The Morgan fingerprint density at radius 1 is 0.811 bits per heavy atom. The summed E-state index contributed by atoms with van der Waals surface area (Å²) in [4.78, 5) is 35.6. The number of carboxylic acids is 1. The number of oxazole rings is 2. The molecule has 0 aliphatic carbocycles. The van der Waals surface area contributed by atoms with Gasteiger partial charge in [-0.3, -0.25) is 0 Å². The maximum Gasteiger partial charge on any atom is 0.328 e. The first-order valence-electron chi connectivity index (χ1n) is 12.6. The number of piperidine rings is 2. The van der Waals surface area contributed by atoms with Crippen LogP contribution in [0, 0.1) is 0 Å². The van der Waals surface area contributed by atoms with Gasteiger partial charge in [0.1, 0.15) is 23.1 Å². The summed E-state index contributed by atoms with van der Waals surface area (Å²) in [6.07, 6.45) is 5.40. The van der Waals surface area contributed by atoms with Crippen LogP contribution in [0.1, 0.15) is 38.5 Å². The molecule has 2 aliphatic heterocycles. The quantitative estimate of drug-likeness (QED) is 0.392. The molecule has 1 N–H and O–H groups in total. The van der Waals surface area contributed by atoms with Gasteiger partial charge in [0.25, 0.3) is 12.0 Å². The molecule has 0 amide bonds. The zero-order valence-corrected chi connectivity index (χ0v) is 20.7. The normalized spacial score (nSPS) is 19.9. The number of ether oxygens (including phenoxy) is 1. The second-order valence-corrected chi connectivity index (χ2v) is 9.20. The van der Waals surface area contributed by atoms with E-state index >= 15 is 0 Å². The van der Waals surface area contributed by atoms with Crippen LogP contribution in [0.5, 0.6) is 0 Å². The highest BCUT2D eigenvalue weighted by Gasteiger charge is 2.33. The van der Waals surface area contributed by atoms with E-state index in [9.17, 15) is 14.7 Å². The number of aliphatic carboxylic acids is 1. The molecule has 37 heavy (non-hydrogen) atoms. The number of aromatic nitrogens is 2. The second-order valence-electron chi connectivity index (χ2n) is 9.20. The third kappa shape index (κ3) is 5.23. The Morgan fingerprint density at radius 2 is 1.30 bits per heavy atom. The number of benzene rings is 2. The first-order valence-corrected chi connectivity index (χ1v) is 12.6. The summed E-state index contributed by atoms with van der Waals surface area (Å²) >= 11 is 0. The van der Waals surface area contributed by atoms with Gasteiger partial charge in [0.15, 0.2) is 11.2 Å². The number of hydrogen-bond donors (Lipinski definition) is 1. The van der Waals surface area contributed by atoms with Crippen molar-refractivity contribution < 1.29 is 28.3 Å². The van der Waals surface area contributed by atoms with Gasteiger partial charge in [-0.1, -0.05) is 24.3 Å². The SMILES string of the molecule is COC(=O)[C@@H]1CCCCN1c1nc2ccccc2o1.O=C(O)[C@@H]1CCCCN1c1nc2ccccc2o1. The number of carbonyl (C=O) groups excluding carboxylic acids is 1. The van der Waals surface area contributed by atoms with Crippen LogP contribution in [0.2, 0.25) is 0 Å². The maximum absolute atomic E-state index is 11.8. The molecule has 0 radical (unpaired) electrons. The molecule has 4 aromatic rings. The van der Waals surface area contributed by atoms with Crippen LogP contribution in [0.4, 0.5) is 12.0 Å². The number of fused-ring (bicyclic) bond motifs is 2. The molecule has 2 saturated heterocycles. The van der Waals surface area contributed by atoms with Crippen molar-refractivity contribution in [3.8, 4) is 0 Å². The molecule has 2 atom stereocenters. The predicted molar refractivity (Wildman–Crippen MR) is 138 cm³/mol. The fourth-order valence-corrected chi connectivity index (χ4v) is 4.92. The zero-order chi connectivity index (χ0) is 25.8. The van der Waals surface area contributed by atoms with Crippen molar-refractivity contribution in [2.75, 3.05) is 30.0 Å². The van der Waals surface area contributed by atoms with Crippen molar-refractivity contribution in [3.05, 3.63) is 48.5 Å². The topological polar surface area (TPSA) is 122 Å². The largest absolute Gasteiger partial charge is 0.480 e. The highest BCUT2D eigenvalue weighted by Crippen LogP contribution is 2.29. The van der Waals surface area contributed by atoms with Crippen LogP contribution in [-0.4, -0.2) is 59.3 Å². The van der Waals surface area contributed by atoms with Crippen molar-refractivity contribution in [2.45, 2.75) is 50.6 Å². The lowest BCUT2D eigenvalue weighted by atomic mass is 10.0. The summed E-state index contributed by atoms with van der Waals surface area (Å²) in [6.45, 7) is 1.45. The number of rotatable bonds is 4. The van der Waals surface area contributed by atoms with Crippen LogP contribution in [-0.2, 0) is 14.3 Å². The smallest absolute Gasteiger partial charge is 0.328 e. The lowest BCUT2D eigenvalue weighted by Gasteiger charge is -2.32. The summed E-state index contributed by atoms with van der Waals surface area (Å²) in [5.41, 5.74) is 3.02. The van der Waals surface area contributed by atoms with Gasteiger partial charge in [-0.05, 0) is 62.8 Å².